The minimum Gasteiger partial charge on any atom is -0.496 e. The van der Waals surface area contributed by atoms with E-state index in [1.165, 1.54) is 12.1 Å². The lowest BCUT2D eigenvalue weighted by Gasteiger charge is -2.17. The van der Waals surface area contributed by atoms with Gasteiger partial charge in [-0.1, -0.05) is 29.8 Å². The maximum Gasteiger partial charge on any atom is 0.253 e. The predicted molar refractivity (Wildman–Crippen MR) is 80.3 cm³/mol. The first-order chi connectivity index (χ1) is 10.0. The Morgan fingerprint density at radius 1 is 1.29 bits per heavy atom. The first kappa shape index (κ1) is 15.3. The number of benzene rings is 2. The van der Waals surface area contributed by atoms with Crippen molar-refractivity contribution in [2.75, 3.05) is 7.11 Å². The van der Waals surface area contributed by atoms with Gasteiger partial charge in [0.05, 0.1) is 23.7 Å². The summed E-state index contributed by atoms with van der Waals surface area (Å²) >= 11 is 5.89. The van der Waals surface area contributed by atoms with Crippen molar-refractivity contribution in [2.45, 2.75) is 13.0 Å². The third-order valence-electron chi connectivity index (χ3n) is 3.13. The Morgan fingerprint density at radius 3 is 2.67 bits per heavy atom. The molecule has 110 valence electrons. The first-order valence-corrected chi connectivity index (χ1v) is 6.79. The van der Waals surface area contributed by atoms with E-state index in [4.69, 9.17) is 16.3 Å². The molecule has 2 aromatic carbocycles. The molecule has 2 aromatic rings. The van der Waals surface area contributed by atoms with E-state index in [9.17, 15) is 9.18 Å². The lowest BCUT2D eigenvalue weighted by atomic mass is 10.1. The molecule has 0 fully saturated rings. The maximum absolute atomic E-state index is 13.0. The van der Waals surface area contributed by atoms with Crippen molar-refractivity contribution in [3.8, 4) is 5.75 Å². The van der Waals surface area contributed by atoms with Gasteiger partial charge < -0.3 is 10.1 Å². The van der Waals surface area contributed by atoms with E-state index in [-0.39, 0.29) is 22.5 Å². The van der Waals surface area contributed by atoms with E-state index in [0.717, 1.165) is 11.6 Å². The molecule has 0 aliphatic carbocycles. The fourth-order valence-electron chi connectivity index (χ4n) is 2.05. The van der Waals surface area contributed by atoms with E-state index in [2.05, 4.69) is 5.32 Å². The third kappa shape index (κ3) is 3.52. The number of hydrogen-bond acceptors (Lipinski definition) is 2. The van der Waals surface area contributed by atoms with Crippen LogP contribution in [0.25, 0.3) is 0 Å². The van der Waals surface area contributed by atoms with Crippen LogP contribution in [-0.2, 0) is 0 Å². The second-order valence-electron chi connectivity index (χ2n) is 4.56. The van der Waals surface area contributed by atoms with Crippen molar-refractivity contribution in [1.82, 2.24) is 5.32 Å². The summed E-state index contributed by atoms with van der Waals surface area (Å²) in [7, 11) is 1.57. The number of carbonyl (C=O) groups is 1. The van der Waals surface area contributed by atoms with E-state index in [0.29, 0.717) is 5.75 Å². The Morgan fingerprint density at radius 2 is 2.00 bits per heavy atom. The zero-order chi connectivity index (χ0) is 15.4. The molecule has 21 heavy (non-hydrogen) atoms. The number of hydrogen-bond donors (Lipinski definition) is 1. The molecule has 1 atom stereocenters. The molecule has 0 bridgehead atoms. The Kier molecular flexibility index (Phi) is 4.81. The van der Waals surface area contributed by atoms with Gasteiger partial charge in [-0.15, -0.1) is 0 Å². The number of methoxy groups -OCH3 is 1. The van der Waals surface area contributed by atoms with Gasteiger partial charge in [0.15, 0.2) is 0 Å². The lowest BCUT2D eigenvalue weighted by Crippen LogP contribution is -2.27. The molecule has 0 aliphatic heterocycles. The highest BCUT2D eigenvalue weighted by atomic mass is 35.5. The first-order valence-electron chi connectivity index (χ1n) is 6.41. The summed E-state index contributed by atoms with van der Waals surface area (Å²) in [5.74, 6) is -0.150. The van der Waals surface area contributed by atoms with Crippen LogP contribution in [0.5, 0.6) is 5.75 Å². The van der Waals surface area contributed by atoms with Gasteiger partial charge in [0.25, 0.3) is 5.91 Å². The van der Waals surface area contributed by atoms with Crippen LogP contribution < -0.4 is 10.1 Å². The van der Waals surface area contributed by atoms with Crippen molar-refractivity contribution in [1.29, 1.82) is 0 Å². The van der Waals surface area contributed by atoms with Crippen LogP contribution in [0, 0.1) is 5.82 Å². The van der Waals surface area contributed by atoms with Crippen LogP contribution in [0.4, 0.5) is 4.39 Å². The molecule has 0 saturated carbocycles. The maximum atomic E-state index is 13.0. The highest BCUT2D eigenvalue weighted by molar-refractivity contribution is 6.33. The average Bonchev–Trinajstić information content (AvgIpc) is 2.46. The minimum atomic E-state index is -0.477. The van der Waals surface area contributed by atoms with Gasteiger partial charge in [-0.25, -0.2) is 4.39 Å². The van der Waals surface area contributed by atoms with Gasteiger partial charge >= 0.3 is 0 Å². The van der Waals surface area contributed by atoms with E-state index in [1.807, 2.05) is 31.2 Å². The summed E-state index contributed by atoms with van der Waals surface area (Å²) < 4.78 is 18.3. The summed E-state index contributed by atoms with van der Waals surface area (Å²) in [5.41, 5.74) is 1.09. The lowest BCUT2D eigenvalue weighted by molar-refractivity contribution is 0.0939. The zero-order valence-electron chi connectivity index (χ0n) is 11.7. The van der Waals surface area contributed by atoms with E-state index < -0.39 is 5.82 Å². The number of para-hydroxylation sites is 1. The number of rotatable bonds is 4. The van der Waals surface area contributed by atoms with Gasteiger partial charge in [0, 0.05) is 5.56 Å². The number of halogens is 2. The Labute approximate surface area is 127 Å². The number of ether oxygens (including phenoxy) is 1. The fourth-order valence-corrected chi connectivity index (χ4v) is 2.30. The average molecular weight is 308 g/mol. The molecule has 0 saturated heterocycles. The molecule has 0 heterocycles. The minimum absolute atomic E-state index is 0.0831. The Balaban J connectivity index is 2.19. The highest BCUT2D eigenvalue weighted by Gasteiger charge is 2.16. The van der Waals surface area contributed by atoms with Gasteiger partial charge in [0.2, 0.25) is 0 Å². The highest BCUT2D eigenvalue weighted by Crippen LogP contribution is 2.25. The molecule has 0 radical (unpaired) electrons. The fraction of sp³-hybridized carbons (Fsp3) is 0.188. The predicted octanol–water partition coefficient (Wildman–Crippen LogP) is 3.98. The van der Waals surface area contributed by atoms with Crippen LogP contribution in [0.3, 0.4) is 0 Å². The molecule has 1 amide bonds. The quantitative estimate of drug-likeness (QED) is 0.928. The van der Waals surface area contributed by atoms with Crippen molar-refractivity contribution < 1.29 is 13.9 Å². The second kappa shape index (κ2) is 6.59. The van der Waals surface area contributed by atoms with E-state index in [1.54, 1.807) is 7.11 Å². The molecule has 0 aromatic heterocycles. The van der Waals surface area contributed by atoms with Crippen LogP contribution in [0.1, 0.15) is 28.9 Å². The monoisotopic (exact) mass is 307 g/mol. The van der Waals surface area contributed by atoms with Gasteiger partial charge in [0.1, 0.15) is 11.6 Å². The summed E-state index contributed by atoms with van der Waals surface area (Å²) in [6.07, 6.45) is 0. The smallest absolute Gasteiger partial charge is 0.253 e. The third-order valence-corrected chi connectivity index (χ3v) is 3.44. The van der Waals surface area contributed by atoms with Gasteiger partial charge in [-0.05, 0) is 31.2 Å². The topological polar surface area (TPSA) is 38.3 Å². The summed E-state index contributed by atoms with van der Waals surface area (Å²) in [5, 5.41) is 2.90. The van der Waals surface area contributed by atoms with E-state index >= 15 is 0 Å². The van der Waals surface area contributed by atoms with Crippen molar-refractivity contribution in [2.24, 2.45) is 0 Å². The zero-order valence-corrected chi connectivity index (χ0v) is 12.4. The number of amides is 1. The molecule has 1 N–H and O–H groups in total. The standard InChI is InChI=1S/C16H15ClFNO2/c1-10(12-5-3-4-6-15(12)21-2)19-16(20)13-8-7-11(18)9-14(13)17/h3-10H,1-2H3,(H,19,20). The van der Waals surface area contributed by atoms with Crippen molar-refractivity contribution >= 4 is 17.5 Å². The molecular weight excluding hydrogens is 293 g/mol. The number of nitrogens with one attached hydrogen (secondary N) is 1. The van der Waals surface area contributed by atoms with Crippen molar-refractivity contribution in [3.63, 3.8) is 0 Å². The van der Waals surface area contributed by atoms with Crippen molar-refractivity contribution in [3.05, 3.63) is 64.4 Å². The molecule has 3 nitrogen and oxygen atoms in total. The van der Waals surface area contributed by atoms with Gasteiger partial charge in [-0.3, -0.25) is 4.79 Å². The molecule has 2 rings (SSSR count). The molecule has 0 aliphatic rings. The summed E-state index contributed by atoms with van der Waals surface area (Å²) in [4.78, 5) is 12.2. The number of carbonyl (C=O) groups excluding carboxylic acids is 1. The summed E-state index contributed by atoms with van der Waals surface area (Å²) in [6.45, 7) is 1.84. The Hall–Kier alpha value is -2.07. The second-order valence-corrected chi connectivity index (χ2v) is 4.97. The molecule has 1 unspecified atom stereocenters. The van der Waals surface area contributed by atoms with Gasteiger partial charge in [-0.2, -0.15) is 0 Å². The molecule has 0 spiro atoms. The summed E-state index contributed by atoms with van der Waals surface area (Å²) in [6, 6.07) is 10.8. The SMILES string of the molecule is COc1ccccc1C(C)NC(=O)c1ccc(F)cc1Cl. The molecule has 5 heteroatoms. The van der Waals surface area contributed by atoms with Crippen LogP contribution in [-0.4, -0.2) is 13.0 Å². The van der Waals surface area contributed by atoms with Crippen LogP contribution in [0.15, 0.2) is 42.5 Å². The largest absolute Gasteiger partial charge is 0.496 e. The Bertz CT molecular complexity index is 660. The van der Waals surface area contributed by atoms with Crippen LogP contribution >= 0.6 is 11.6 Å². The normalized spacial score (nSPS) is 11.8. The molecular formula is C16H15ClFNO2. The van der Waals surface area contributed by atoms with Crippen LogP contribution in [0.2, 0.25) is 5.02 Å².